The summed E-state index contributed by atoms with van der Waals surface area (Å²) in [5.41, 5.74) is 1.94. The van der Waals surface area contributed by atoms with Gasteiger partial charge in [0, 0.05) is 41.3 Å². The number of hydrogen-bond acceptors (Lipinski definition) is 4. The van der Waals surface area contributed by atoms with E-state index < -0.39 is 12.6 Å². The van der Waals surface area contributed by atoms with Crippen molar-refractivity contribution in [3.05, 3.63) is 60.4 Å². The van der Waals surface area contributed by atoms with Crippen molar-refractivity contribution >= 4 is 27.7 Å². The highest BCUT2D eigenvalue weighted by molar-refractivity contribution is 6.02. The van der Waals surface area contributed by atoms with Gasteiger partial charge in [0.15, 0.2) is 0 Å². The monoisotopic (exact) mass is 379 g/mol. The van der Waals surface area contributed by atoms with Crippen molar-refractivity contribution in [2.75, 3.05) is 20.3 Å². The van der Waals surface area contributed by atoms with Crippen LogP contribution in [0.2, 0.25) is 0 Å². The van der Waals surface area contributed by atoms with Crippen LogP contribution in [-0.2, 0) is 0 Å². The number of carbonyl (C=O) groups is 1. The molecule has 4 rings (SSSR count). The zero-order chi connectivity index (χ0) is 19.5. The largest absolute Gasteiger partial charge is 0.496 e. The molecule has 28 heavy (non-hydrogen) atoms. The molecule has 6 nitrogen and oxygen atoms in total. The van der Waals surface area contributed by atoms with Crippen LogP contribution in [0.25, 0.3) is 21.8 Å². The van der Waals surface area contributed by atoms with E-state index in [0.29, 0.717) is 33.7 Å². The first-order chi connectivity index (χ1) is 13.7. The van der Waals surface area contributed by atoms with E-state index in [1.807, 2.05) is 30.5 Å². The number of pyridine rings is 1. The SMILES string of the molecule is COc1cc2nccc(Oc3ccc4[nH]ccc4c3)c2cc1C(=O)NCCF. The van der Waals surface area contributed by atoms with E-state index in [1.54, 1.807) is 24.4 Å². The Morgan fingerprint density at radius 1 is 1.18 bits per heavy atom. The second-order valence-electron chi connectivity index (χ2n) is 6.15. The smallest absolute Gasteiger partial charge is 0.255 e. The van der Waals surface area contributed by atoms with E-state index in [9.17, 15) is 9.18 Å². The summed E-state index contributed by atoms with van der Waals surface area (Å²) >= 11 is 0. The third kappa shape index (κ3) is 3.34. The average molecular weight is 379 g/mol. The fourth-order valence-corrected chi connectivity index (χ4v) is 3.06. The second kappa shape index (κ2) is 7.56. The number of carbonyl (C=O) groups excluding carboxylic acids is 1. The van der Waals surface area contributed by atoms with Crippen LogP contribution in [0, 0.1) is 0 Å². The molecule has 0 atom stereocenters. The molecule has 2 heterocycles. The minimum absolute atomic E-state index is 0.0624. The van der Waals surface area contributed by atoms with Gasteiger partial charge in [0.25, 0.3) is 5.91 Å². The second-order valence-corrected chi connectivity index (χ2v) is 6.15. The number of ether oxygens (including phenoxy) is 2. The van der Waals surface area contributed by atoms with Gasteiger partial charge in [0.05, 0.1) is 18.2 Å². The van der Waals surface area contributed by atoms with E-state index in [2.05, 4.69) is 15.3 Å². The minimum atomic E-state index is -0.640. The first-order valence-electron chi connectivity index (χ1n) is 8.75. The molecule has 4 aromatic rings. The van der Waals surface area contributed by atoms with E-state index in [1.165, 1.54) is 7.11 Å². The van der Waals surface area contributed by atoms with Gasteiger partial charge in [0.1, 0.15) is 23.9 Å². The number of aromatic amines is 1. The fourth-order valence-electron chi connectivity index (χ4n) is 3.06. The lowest BCUT2D eigenvalue weighted by Crippen LogP contribution is -2.25. The molecule has 0 saturated heterocycles. The van der Waals surface area contributed by atoms with Crippen LogP contribution in [0.15, 0.2) is 54.9 Å². The van der Waals surface area contributed by atoms with Crippen molar-refractivity contribution in [3.63, 3.8) is 0 Å². The molecule has 0 saturated carbocycles. The standard InChI is InChI=1S/C21H18FN3O3/c1-27-20-12-18-15(11-16(20)21(26)25-9-6-22)19(5-8-24-18)28-14-2-3-17-13(10-14)4-7-23-17/h2-5,7-8,10-12,23H,6,9H2,1H3,(H,25,26). The van der Waals surface area contributed by atoms with Gasteiger partial charge in [-0.15, -0.1) is 0 Å². The Hall–Kier alpha value is -3.61. The van der Waals surface area contributed by atoms with Crippen molar-refractivity contribution in [1.82, 2.24) is 15.3 Å². The zero-order valence-electron chi connectivity index (χ0n) is 15.2. The van der Waals surface area contributed by atoms with Crippen molar-refractivity contribution in [1.29, 1.82) is 0 Å². The molecule has 0 radical (unpaired) electrons. The number of amides is 1. The molecule has 2 N–H and O–H groups in total. The molecule has 142 valence electrons. The van der Waals surface area contributed by atoms with E-state index in [-0.39, 0.29) is 6.54 Å². The molecule has 2 aromatic heterocycles. The quantitative estimate of drug-likeness (QED) is 0.526. The fraction of sp³-hybridized carbons (Fsp3) is 0.143. The summed E-state index contributed by atoms with van der Waals surface area (Å²) < 4.78 is 23.8. The Bertz CT molecular complexity index is 1160. The molecule has 0 aliphatic carbocycles. The Kier molecular flexibility index (Phi) is 4.80. The van der Waals surface area contributed by atoms with Crippen molar-refractivity contribution in [2.24, 2.45) is 0 Å². The number of nitrogens with zero attached hydrogens (tertiary/aromatic N) is 1. The summed E-state index contributed by atoms with van der Waals surface area (Å²) in [7, 11) is 1.47. The van der Waals surface area contributed by atoms with Gasteiger partial charge >= 0.3 is 0 Å². The Morgan fingerprint density at radius 3 is 2.89 bits per heavy atom. The summed E-state index contributed by atoms with van der Waals surface area (Å²) in [5.74, 6) is 1.17. The maximum Gasteiger partial charge on any atom is 0.255 e. The van der Waals surface area contributed by atoms with Gasteiger partial charge in [-0.2, -0.15) is 0 Å². The Balaban J connectivity index is 1.76. The molecular formula is C21H18FN3O3. The number of benzene rings is 2. The average Bonchev–Trinajstić information content (AvgIpc) is 3.19. The number of aromatic nitrogens is 2. The maximum absolute atomic E-state index is 12.4. The summed E-state index contributed by atoms with van der Waals surface area (Å²) in [6, 6.07) is 12.7. The predicted octanol–water partition coefficient (Wildman–Crippen LogP) is 4.22. The molecule has 2 aromatic carbocycles. The minimum Gasteiger partial charge on any atom is -0.496 e. The third-order valence-electron chi connectivity index (χ3n) is 4.40. The molecule has 0 spiro atoms. The molecule has 0 bridgehead atoms. The number of hydrogen-bond donors (Lipinski definition) is 2. The number of alkyl halides is 1. The molecule has 0 fully saturated rings. The van der Waals surface area contributed by atoms with Crippen LogP contribution in [0.5, 0.6) is 17.2 Å². The number of halogens is 1. The number of fused-ring (bicyclic) bond motifs is 2. The third-order valence-corrected chi connectivity index (χ3v) is 4.40. The molecule has 1 amide bonds. The lowest BCUT2D eigenvalue weighted by atomic mass is 10.1. The van der Waals surface area contributed by atoms with E-state index in [4.69, 9.17) is 9.47 Å². The first kappa shape index (κ1) is 17.8. The maximum atomic E-state index is 12.4. The van der Waals surface area contributed by atoms with Crippen molar-refractivity contribution in [3.8, 4) is 17.2 Å². The van der Waals surface area contributed by atoms with Gasteiger partial charge in [-0.1, -0.05) is 0 Å². The predicted molar refractivity (Wildman–Crippen MR) is 105 cm³/mol. The molecule has 0 aliphatic rings. The molecule has 0 unspecified atom stereocenters. The van der Waals surface area contributed by atoms with Crippen LogP contribution < -0.4 is 14.8 Å². The lowest BCUT2D eigenvalue weighted by Gasteiger charge is -2.13. The highest BCUT2D eigenvalue weighted by Gasteiger charge is 2.16. The zero-order valence-corrected chi connectivity index (χ0v) is 15.2. The highest BCUT2D eigenvalue weighted by atomic mass is 19.1. The normalized spacial score (nSPS) is 10.9. The summed E-state index contributed by atoms with van der Waals surface area (Å²) in [5, 5.41) is 4.20. The van der Waals surface area contributed by atoms with Gasteiger partial charge < -0.3 is 19.8 Å². The van der Waals surface area contributed by atoms with Crippen LogP contribution >= 0.6 is 0 Å². The highest BCUT2D eigenvalue weighted by Crippen LogP contribution is 2.34. The summed E-state index contributed by atoms with van der Waals surface area (Å²) in [4.78, 5) is 19.9. The van der Waals surface area contributed by atoms with Crippen molar-refractivity contribution in [2.45, 2.75) is 0 Å². The summed E-state index contributed by atoms with van der Waals surface area (Å²) in [6.45, 7) is -0.702. The first-order valence-corrected chi connectivity index (χ1v) is 8.75. The summed E-state index contributed by atoms with van der Waals surface area (Å²) in [6.07, 6.45) is 3.50. The van der Waals surface area contributed by atoms with Gasteiger partial charge in [-0.25, -0.2) is 4.39 Å². The van der Waals surface area contributed by atoms with Gasteiger partial charge in [-0.3, -0.25) is 9.78 Å². The number of nitrogens with one attached hydrogen (secondary N) is 2. The number of rotatable bonds is 6. The molecule has 0 aliphatic heterocycles. The lowest BCUT2D eigenvalue weighted by molar-refractivity contribution is 0.0948. The van der Waals surface area contributed by atoms with Crippen LogP contribution in [0.4, 0.5) is 4.39 Å². The number of H-pyrrole nitrogens is 1. The van der Waals surface area contributed by atoms with Crippen LogP contribution in [0.3, 0.4) is 0 Å². The van der Waals surface area contributed by atoms with Crippen LogP contribution in [0.1, 0.15) is 10.4 Å². The van der Waals surface area contributed by atoms with Crippen LogP contribution in [-0.4, -0.2) is 36.2 Å². The Labute approximate surface area is 160 Å². The Morgan fingerprint density at radius 2 is 2.07 bits per heavy atom. The van der Waals surface area contributed by atoms with E-state index >= 15 is 0 Å². The van der Waals surface area contributed by atoms with E-state index in [0.717, 1.165) is 10.9 Å². The van der Waals surface area contributed by atoms with Gasteiger partial charge in [-0.05, 0) is 36.4 Å². The topological polar surface area (TPSA) is 76.2 Å². The van der Waals surface area contributed by atoms with Gasteiger partial charge in [0.2, 0.25) is 0 Å². The molecular weight excluding hydrogens is 361 g/mol. The molecule has 7 heteroatoms. The van der Waals surface area contributed by atoms with Crippen molar-refractivity contribution < 1.29 is 18.7 Å². The number of methoxy groups -OCH3 is 1.